The monoisotopic (exact) mass is 265 g/mol. The summed E-state index contributed by atoms with van der Waals surface area (Å²) in [6.45, 7) is 2.61. The molecular formula is C13H19N3OS. The Labute approximate surface area is 113 Å². The maximum Gasteiger partial charge on any atom is 0.125 e. The molecule has 0 spiro atoms. The summed E-state index contributed by atoms with van der Waals surface area (Å²) in [5.41, 5.74) is 6.30. The molecule has 0 aromatic carbocycles. The van der Waals surface area contributed by atoms with Gasteiger partial charge in [-0.15, -0.1) is 0 Å². The van der Waals surface area contributed by atoms with Crippen molar-refractivity contribution in [2.75, 3.05) is 25.1 Å². The first kappa shape index (κ1) is 13.2. The van der Waals surface area contributed by atoms with Crippen molar-refractivity contribution in [1.29, 1.82) is 0 Å². The van der Waals surface area contributed by atoms with Crippen molar-refractivity contribution in [3.05, 3.63) is 23.9 Å². The number of hydrogen-bond donors (Lipinski definition) is 2. The highest BCUT2D eigenvalue weighted by molar-refractivity contribution is 7.80. The second kappa shape index (κ2) is 6.66. The van der Waals surface area contributed by atoms with E-state index in [0.29, 0.717) is 4.99 Å². The van der Waals surface area contributed by atoms with Gasteiger partial charge in [0, 0.05) is 31.5 Å². The van der Waals surface area contributed by atoms with E-state index in [1.54, 1.807) is 6.20 Å². The molecule has 18 heavy (non-hydrogen) atoms. The van der Waals surface area contributed by atoms with Gasteiger partial charge in [-0.25, -0.2) is 4.98 Å². The number of nitrogens with two attached hydrogens (primary N) is 1. The fraction of sp³-hybridized carbons (Fsp3) is 0.538. The van der Waals surface area contributed by atoms with Gasteiger partial charge in [0.05, 0.1) is 0 Å². The molecule has 1 aliphatic carbocycles. The van der Waals surface area contributed by atoms with Crippen molar-refractivity contribution in [2.45, 2.75) is 19.3 Å². The average molecular weight is 265 g/mol. The highest BCUT2D eigenvalue weighted by atomic mass is 32.1. The molecule has 1 aromatic rings. The third-order valence-electron chi connectivity index (χ3n) is 2.87. The second-order valence-corrected chi connectivity index (χ2v) is 5.03. The average Bonchev–Trinajstić information content (AvgIpc) is 3.18. The molecule has 1 heterocycles. The van der Waals surface area contributed by atoms with Gasteiger partial charge in [0.15, 0.2) is 0 Å². The lowest BCUT2D eigenvalue weighted by atomic mass is 10.3. The third-order valence-corrected chi connectivity index (χ3v) is 3.11. The summed E-state index contributed by atoms with van der Waals surface area (Å²) in [4.78, 5) is 4.61. The maximum atomic E-state index is 5.55. The quantitative estimate of drug-likeness (QED) is 0.555. The predicted octanol–water partition coefficient (Wildman–Crippen LogP) is 1.94. The van der Waals surface area contributed by atoms with Gasteiger partial charge in [0.2, 0.25) is 0 Å². The van der Waals surface area contributed by atoms with Crippen molar-refractivity contribution in [3.63, 3.8) is 0 Å². The summed E-state index contributed by atoms with van der Waals surface area (Å²) in [7, 11) is 0. The minimum atomic E-state index is 0.377. The number of thiocarbonyl (C=S) groups is 1. The zero-order chi connectivity index (χ0) is 12.8. The molecule has 0 saturated heterocycles. The lowest BCUT2D eigenvalue weighted by Crippen LogP contribution is -2.11. The van der Waals surface area contributed by atoms with Crippen LogP contribution in [0.1, 0.15) is 24.8 Å². The summed E-state index contributed by atoms with van der Waals surface area (Å²) < 4.78 is 5.55. The molecule has 0 atom stereocenters. The third kappa shape index (κ3) is 4.58. The lowest BCUT2D eigenvalue weighted by Gasteiger charge is -2.06. The Morgan fingerprint density at radius 3 is 2.94 bits per heavy atom. The van der Waals surface area contributed by atoms with E-state index in [2.05, 4.69) is 10.3 Å². The Morgan fingerprint density at radius 1 is 1.50 bits per heavy atom. The second-order valence-electron chi connectivity index (χ2n) is 4.59. The van der Waals surface area contributed by atoms with Crippen LogP contribution in [-0.2, 0) is 4.74 Å². The van der Waals surface area contributed by atoms with Crippen LogP contribution in [0.3, 0.4) is 0 Å². The van der Waals surface area contributed by atoms with E-state index >= 15 is 0 Å². The van der Waals surface area contributed by atoms with E-state index in [4.69, 9.17) is 22.7 Å². The molecule has 3 N–H and O–H groups in total. The zero-order valence-corrected chi connectivity index (χ0v) is 11.2. The molecule has 1 aromatic heterocycles. The number of pyridine rings is 1. The standard InChI is InChI=1S/C13H19N3OS/c14-13(18)11-4-5-12(16-8-11)15-6-1-7-17-9-10-2-3-10/h4-5,8,10H,1-3,6-7,9H2,(H2,14,18)(H,15,16). The van der Waals surface area contributed by atoms with Gasteiger partial charge in [0.25, 0.3) is 0 Å². The molecule has 2 rings (SSSR count). The van der Waals surface area contributed by atoms with Crippen LogP contribution >= 0.6 is 12.2 Å². The highest BCUT2D eigenvalue weighted by Gasteiger charge is 2.20. The fourth-order valence-electron chi connectivity index (χ4n) is 1.57. The molecule has 0 aliphatic heterocycles. The van der Waals surface area contributed by atoms with Crippen LogP contribution in [0.4, 0.5) is 5.82 Å². The first-order chi connectivity index (χ1) is 8.75. The summed E-state index contributed by atoms with van der Waals surface area (Å²) in [6, 6.07) is 3.76. The molecule has 1 aliphatic rings. The van der Waals surface area contributed by atoms with Crippen molar-refractivity contribution in [2.24, 2.45) is 11.7 Å². The first-order valence-corrected chi connectivity index (χ1v) is 6.74. The van der Waals surface area contributed by atoms with Gasteiger partial charge in [-0.05, 0) is 37.3 Å². The smallest absolute Gasteiger partial charge is 0.125 e. The number of rotatable bonds is 8. The number of hydrogen-bond acceptors (Lipinski definition) is 4. The van der Waals surface area contributed by atoms with E-state index in [-0.39, 0.29) is 0 Å². The van der Waals surface area contributed by atoms with Gasteiger partial charge >= 0.3 is 0 Å². The van der Waals surface area contributed by atoms with Gasteiger partial charge in [-0.1, -0.05) is 12.2 Å². The topological polar surface area (TPSA) is 60.2 Å². The molecule has 0 radical (unpaired) electrons. The lowest BCUT2D eigenvalue weighted by molar-refractivity contribution is 0.124. The van der Waals surface area contributed by atoms with E-state index in [9.17, 15) is 0 Å². The molecule has 98 valence electrons. The van der Waals surface area contributed by atoms with Gasteiger partial charge < -0.3 is 15.8 Å². The van der Waals surface area contributed by atoms with Gasteiger partial charge in [-0.3, -0.25) is 0 Å². The van der Waals surface area contributed by atoms with Crippen LogP contribution in [0.2, 0.25) is 0 Å². The molecule has 4 nitrogen and oxygen atoms in total. The molecule has 0 amide bonds. The van der Waals surface area contributed by atoms with Crippen molar-refractivity contribution < 1.29 is 4.74 Å². The molecule has 0 unspecified atom stereocenters. The van der Waals surface area contributed by atoms with Crippen molar-refractivity contribution in [1.82, 2.24) is 4.98 Å². The largest absolute Gasteiger partial charge is 0.389 e. The van der Waals surface area contributed by atoms with Crippen molar-refractivity contribution in [3.8, 4) is 0 Å². The molecule has 1 fully saturated rings. The minimum absolute atomic E-state index is 0.377. The predicted molar refractivity (Wildman–Crippen MR) is 76.8 cm³/mol. The Balaban J connectivity index is 1.58. The van der Waals surface area contributed by atoms with E-state index in [1.165, 1.54) is 12.8 Å². The van der Waals surface area contributed by atoms with Crippen LogP contribution in [0.15, 0.2) is 18.3 Å². The van der Waals surface area contributed by atoms with Gasteiger partial charge in [0.1, 0.15) is 10.8 Å². The number of anilines is 1. The Bertz CT molecular complexity index is 390. The van der Waals surface area contributed by atoms with Crippen LogP contribution in [0.25, 0.3) is 0 Å². The molecule has 5 heteroatoms. The minimum Gasteiger partial charge on any atom is -0.389 e. The van der Waals surface area contributed by atoms with E-state index < -0.39 is 0 Å². The van der Waals surface area contributed by atoms with Crippen molar-refractivity contribution >= 4 is 23.0 Å². The van der Waals surface area contributed by atoms with E-state index in [1.807, 2.05) is 12.1 Å². The Morgan fingerprint density at radius 2 is 2.33 bits per heavy atom. The van der Waals surface area contributed by atoms with Crippen LogP contribution in [0.5, 0.6) is 0 Å². The highest BCUT2D eigenvalue weighted by Crippen LogP contribution is 2.28. The number of nitrogens with zero attached hydrogens (tertiary/aromatic N) is 1. The van der Waals surface area contributed by atoms with Crippen LogP contribution < -0.4 is 11.1 Å². The van der Waals surface area contributed by atoms with Crippen LogP contribution in [-0.4, -0.2) is 29.7 Å². The van der Waals surface area contributed by atoms with Crippen LogP contribution in [0, 0.1) is 5.92 Å². The van der Waals surface area contributed by atoms with Gasteiger partial charge in [-0.2, -0.15) is 0 Å². The SMILES string of the molecule is NC(=S)c1ccc(NCCCOCC2CC2)nc1. The number of nitrogens with one attached hydrogen (secondary N) is 1. The fourth-order valence-corrected chi connectivity index (χ4v) is 1.69. The summed E-state index contributed by atoms with van der Waals surface area (Å²) in [6.07, 6.45) is 5.37. The first-order valence-electron chi connectivity index (χ1n) is 6.33. The molecular weight excluding hydrogens is 246 g/mol. The Kier molecular flexibility index (Phi) is 4.90. The molecule has 0 bridgehead atoms. The Hall–Kier alpha value is -1.20. The molecule has 1 saturated carbocycles. The normalized spacial score (nSPS) is 14.4. The summed E-state index contributed by atoms with van der Waals surface area (Å²) in [5, 5.41) is 3.24. The maximum absolute atomic E-state index is 5.55. The number of ether oxygens (including phenoxy) is 1. The summed E-state index contributed by atoms with van der Waals surface area (Å²) >= 11 is 4.87. The number of aromatic nitrogens is 1. The summed E-state index contributed by atoms with van der Waals surface area (Å²) in [5.74, 6) is 1.68. The van der Waals surface area contributed by atoms with E-state index in [0.717, 1.165) is 43.5 Å². The zero-order valence-electron chi connectivity index (χ0n) is 10.4.